The van der Waals surface area contributed by atoms with E-state index in [0.717, 1.165) is 11.3 Å². The number of aliphatic carboxylic acids is 1. The van der Waals surface area contributed by atoms with E-state index in [1.807, 2.05) is 31.2 Å². The molecule has 1 heterocycles. The zero-order chi connectivity index (χ0) is 14.7. The highest BCUT2D eigenvalue weighted by atomic mass is 32.2. The zero-order valence-electron chi connectivity index (χ0n) is 11.7. The first kappa shape index (κ1) is 14.9. The molecule has 0 saturated heterocycles. The number of hydrogen-bond acceptors (Lipinski definition) is 3. The van der Waals surface area contributed by atoms with Crippen LogP contribution in [0.1, 0.15) is 25.8 Å². The average Bonchev–Trinajstić information content (AvgIpc) is 2.82. The second-order valence-corrected chi connectivity index (χ2v) is 6.23. The molecule has 0 spiro atoms. The summed E-state index contributed by atoms with van der Waals surface area (Å²) in [5, 5.41) is 8.75. The number of amides is 1. The molecule has 4 nitrogen and oxygen atoms in total. The number of fused-ring (bicyclic) bond motifs is 1. The van der Waals surface area contributed by atoms with Crippen molar-refractivity contribution in [3.63, 3.8) is 0 Å². The van der Waals surface area contributed by atoms with Crippen molar-refractivity contribution in [2.75, 3.05) is 6.54 Å². The largest absolute Gasteiger partial charge is 0.481 e. The Bertz CT molecular complexity index is 493. The Labute approximate surface area is 123 Å². The lowest BCUT2D eigenvalue weighted by Gasteiger charge is -2.29. The average molecular weight is 293 g/mol. The van der Waals surface area contributed by atoms with Gasteiger partial charge >= 0.3 is 5.97 Å². The Morgan fingerprint density at radius 1 is 1.45 bits per heavy atom. The summed E-state index contributed by atoms with van der Waals surface area (Å²) >= 11 is 1.59. The fourth-order valence-electron chi connectivity index (χ4n) is 2.55. The summed E-state index contributed by atoms with van der Waals surface area (Å²) in [6.07, 6.45) is 0.722. The molecule has 0 bridgehead atoms. The van der Waals surface area contributed by atoms with Gasteiger partial charge in [-0.2, -0.15) is 0 Å². The fraction of sp³-hybridized carbons (Fsp3) is 0.467. The van der Waals surface area contributed by atoms with E-state index < -0.39 is 5.97 Å². The van der Waals surface area contributed by atoms with Gasteiger partial charge in [-0.15, -0.1) is 11.8 Å². The first-order valence-electron chi connectivity index (χ1n) is 6.79. The third-order valence-corrected chi connectivity index (χ3v) is 4.85. The first-order chi connectivity index (χ1) is 9.52. The van der Waals surface area contributed by atoms with Gasteiger partial charge in [0.25, 0.3) is 0 Å². The summed E-state index contributed by atoms with van der Waals surface area (Å²) in [4.78, 5) is 26.2. The summed E-state index contributed by atoms with van der Waals surface area (Å²) in [5.41, 5.74) is 1.21. The third kappa shape index (κ3) is 3.15. The summed E-state index contributed by atoms with van der Waals surface area (Å²) in [6, 6.07) is 7.77. The van der Waals surface area contributed by atoms with Crippen molar-refractivity contribution in [2.45, 2.75) is 42.9 Å². The van der Waals surface area contributed by atoms with Crippen molar-refractivity contribution < 1.29 is 14.7 Å². The molecule has 1 aromatic rings. The molecule has 0 aliphatic carbocycles. The van der Waals surface area contributed by atoms with Gasteiger partial charge in [0.15, 0.2) is 0 Å². The van der Waals surface area contributed by atoms with Crippen molar-refractivity contribution in [3.8, 4) is 0 Å². The van der Waals surface area contributed by atoms with Gasteiger partial charge in [0, 0.05) is 17.5 Å². The number of carboxylic acid groups (broad SMARTS) is 1. The number of rotatable bonds is 5. The number of carbonyl (C=O) groups is 2. The molecule has 0 saturated carbocycles. The lowest BCUT2D eigenvalue weighted by atomic mass is 10.1. The van der Waals surface area contributed by atoms with Gasteiger partial charge in [0.05, 0.1) is 11.7 Å². The molecule has 1 aliphatic heterocycles. The van der Waals surface area contributed by atoms with Crippen molar-refractivity contribution in [1.82, 2.24) is 4.90 Å². The SMILES string of the molecule is CCN(C(=O)C1Cc2ccccc2S1)C(C)CC(=O)O. The van der Waals surface area contributed by atoms with Crippen LogP contribution in [0.3, 0.4) is 0 Å². The zero-order valence-corrected chi connectivity index (χ0v) is 12.5. The highest BCUT2D eigenvalue weighted by molar-refractivity contribution is 8.01. The second-order valence-electron chi connectivity index (χ2n) is 4.99. The van der Waals surface area contributed by atoms with E-state index in [1.165, 1.54) is 5.56 Å². The molecule has 1 aliphatic rings. The van der Waals surface area contributed by atoms with Crippen LogP contribution in [0.2, 0.25) is 0 Å². The molecule has 5 heteroatoms. The Morgan fingerprint density at radius 3 is 2.75 bits per heavy atom. The van der Waals surface area contributed by atoms with Gasteiger partial charge in [-0.05, 0) is 31.9 Å². The standard InChI is InChI=1S/C15H19NO3S/c1-3-16(10(2)8-14(17)18)15(19)13-9-11-6-4-5-7-12(11)20-13/h4-7,10,13H,3,8-9H2,1-2H3,(H,17,18). The van der Waals surface area contributed by atoms with Crippen LogP contribution in [-0.2, 0) is 16.0 Å². The maximum atomic E-state index is 12.6. The maximum Gasteiger partial charge on any atom is 0.305 e. The minimum absolute atomic E-state index is 0.0100. The number of carbonyl (C=O) groups excluding carboxylic acids is 1. The van der Waals surface area contributed by atoms with Gasteiger partial charge in [-0.1, -0.05) is 18.2 Å². The highest BCUT2D eigenvalue weighted by Crippen LogP contribution is 2.37. The fourth-order valence-corrected chi connectivity index (χ4v) is 3.82. The van der Waals surface area contributed by atoms with Crippen molar-refractivity contribution in [3.05, 3.63) is 29.8 Å². The molecule has 1 aromatic carbocycles. The maximum absolute atomic E-state index is 12.6. The van der Waals surface area contributed by atoms with E-state index in [2.05, 4.69) is 0 Å². The van der Waals surface area contributed by atoms with Gasteiger partial charge in [0.1, 0.15) is 0 Å². The quantitative estimate of drug-likeness (QED) is 0.906. The Morgan fingerprint density at radius 2 is 2.15 bits per heavy atom. The third-order valence-electron chi connectivity index (χ3n) is 3.55. The van der Waals surface area contributed by atoms with Crippen LogP contribution in [-0.4, -0.2) is 39.7 Å². The molecule has 2 rings (SSSR count). The van der Waals surface area contributed by atoms with Crippen LogP contribution in [0.5, 0.6) is 0 Å². The van der Waals surface area contributed by atoms with E-state index in [-0.39, 0.29) is 23.6 Å². The Kier molecular flexibility index (Phi) is 4.70. The molecule has 0 aromatic heterocycles. The van der Waals surface area contributed by atoms with Crippen molar-refractivity contribution in [1.29, 1.82) is 0 Å². The molecule has 1 N–H and O–H groups in total. The Balaban J connectivity index is 2.06. The molecule has 0 fully saturated rings. The monoisotopic (exact) mass is 293 g/mol. The predicted octanol–water partition coefficient (Wildman–Crippen LogP) is 2.42. The normalized spacial score (nSPS) is 18.4. The number of thioether (sulfide) groups is 1. The van der Waals surface area contributed by atoms with E-state index in [1.54, 1.807) is 23.6 Å². The number of carboxylic acids is 1. The van der Waals surface area contributed by atoms with Crippen molar-refractivity contribution >= 4 is 23.6 Å². The topological polar surface area (TPSA) is 57.6 Å². The minimum Gasteiger partial charge on any atom is -0.481 e. The van der Waals surface area contributed by atoms with E-state index >= 15 is 0 Å². The summed E-state index contributed by atoms with van der Waals surface area (Å²) in [6.45, 7) is 4.23. The second kappa shape index (κ2) is 6.31. The smallest absolute Gasteiger partial charge is 0.305 e. The lowest BCUT2D eigenvalue weighted by Crippen LogP contribution is -2.44. The van der Waals surface area contributed by atoms with Crippen LogP contribution in [0.25, 0.3) is 0 Å². The molecule has 1 amide bonds. The summed E-state index contributed by atoms with van der Waals surface area (Å²) < 4.78 is 0. The molecule has 0 radical (unpaired) electrons. The van der Waals surface area contributed by atoms with Gasteiger partial charge < -0.3 is 10.0 Å². The highest BCUT2D eigenvalue weighted by Gasteiger charge is 2.32. The van der Waals surface area contributed by atoms with Crippen LogP contribution >= 0.6 is 11.8 Å². The van der Waals surface area contributed by atoms with Crippen LogP contribution < -0.4 is 0 Å². The minimum atomic E-state index is -0.869. The van der Waals surface area contributed by atoms with Crippen LogP contribution in [0.4, 0.5) is 0 Å². The van der Waals surface area contributed by atoms with Crippen LogP contribution in [0, 0.1) is 0 Å². The molecule has 2 atom stereocenters. The summed E-state index contributed by atoms with van der Waals surface area (Å²) in [7, 11) is 0. The Hall–Kier alpha value is -1.49. The van der Waals surface area contributed by atoms with Gasteiger partial charge in [-0.3, -0.25) is 9.59 Å². The molecule has 108 valence electrons. The molecular formula is C15H19NO3S. The first-order valence-corrected chi connectivity index (χ1v) is 7.67. The van der Waals surface area contributed by atoms with E-state index in [4.69, 9.17) is 5.11 Å². The predicted molar refractivity (Wildman–Crippen MR) is 78.9 cm³/mol. The van der Waals surface area contributed by atoms with Crippen LogP contribution in [0.15, 0.2) is 29.2 Å². The van der Waals surface area contributed by atoms with Gasteiger partial charge in [0.2, 0.25) is 5.91 Å². The summed E-state index contributed by atoms with van der Waals surface area (Å²) in [5.74, 6) is -0.825. The molecule has 20 heavy (non-hydrogen) atoms. The van der Waals surface area contributed by atoms with Crippen molar-refractivity contribution in [2.24, 2.45) is 0 Å². The number of nitrogens with zero attached hydrogens (tertiary/aromatic N) is 1. The lowest BCUT2D eigenvalue weighted by molar-refractivity contribution is -0.140. The van der Waals surface area contributed by atoms with Gasteiger partial charge in [-0.25, -0.2) is 0 Å². The number of benzene rings is 1. The molecular weight excluding hydrogens is 274 g/mol. The van der Waals surface area contributed by atoms with E-state index in [9.17, 15) is 9.59 Å². The van der Waals surface area contributed by atoms with E-state index in [0.29, 0.717) is 6.54 Å². The molecule has 2 unspecified atom stereocenters. The number of hydrogen-bond donors (Lipinski definition) is 1.